The highest BCUT2D eigenvalue weighted by atomic mass is 32.2. The van der Waals surface area contributed by atoms with Gasteiger partial charge in [-0.2, -0.15) is 0 Å². The fourth-order valence-electron chi connectivity index (χ4n) is 2.23. The van der Waals surface area contributed by atoms with Gasteiger partial charge in [0.25, 0.3) is 15.9 Å². The molecule has 134 valence electrons. The summed E-state index contributed by atoms with van der Waals surface area (Å²) in [5.74, 6) is -1.60. The lowest BCUT2D eigenvalue weighted by atomic mass is 10.1. The first-order valence-corrected chi connectivity index (χ1v) is 9.14. The maximum Gasteiger partial charge on any atom is 0.303 e. The Bertz CT molecular complexity index is 869. The molecule has 1 atom stereocenters. The van der Waals surface area contributed by atoms with Crippen LogP contribution in [0.25, 0.3) is 0 Å². The molecule has 0 aliphatic rings. The van der Waals surface area contributed by atoms with Crippen molar-refractivity contribution in [2.75, 3.05) is 6.54 Å². The normalized spacial score (nSPS) is 12.6. The third kappa shape index (κ3) is 4.69. The Morgan fingerprint density at radius 3 is 2.44 bits per heavy atom. The van der Waals surface area contributed by atoms with E-state index in [1.54, 1.807) is 19.1 Å². The van der Waals surface area contributed by atoms with Crippen LogP contribution in [-0.2, 0) is 14.8 Å². The number of aryl methyl sites for hydroxylation is 1. The van der Waals surface area contributed by atoms with Gasteiger partial charge < -0.3 is 10.4 Å². The molecule has 2 N–H and O–H groups in total. The molecule has 0 fully saturated rings. The summed E-state index contributed by atoms with van der Waals surface area (Å²) < 4.78 is 26.1. The number of amides is 1. The topological polar surface area (TPSA) is 105 Å². The molecule has 1 aromatic heterocycles. The standard InChI is InChI=1S/C17H20N2O5S/c1-12-3-5-15(6-4-12)25(23,24)19-8-7-14(11-19)17(22)18-10-13(2)9-16(20)21/h3-8,11,13H,9-10H2,1-2H3,(H,18,22)(H,20,21). The van der Waals surface area contributed by atoms with Gasteiger partial charge in [0.1, 0.15) is 0 Å². The number of carboxylic acids is 1. The van der Waals surface area contributed by atoms with Gasteiger partial charge in [0, 0.05) is 25.4 Å². The van der Waals surface area contributed by atoms with Gasteiger partial charge in [-0.1, -0.05) is 24.6 Å². The van der Waals surface area contributed by atoms with Gasteiger partial charge in [0.05, 0.1) is 10.5 Å². The molecule has 25 heavy (non-hydrogen) atoms. The highest BCUT2D eigenvalue weighted by molar-refractivity contribution is 7.90. The fraction of sp³-hybridized carbons (Fsp3) is 0.294. The van der Waals surface area contributed by atoms with Crippen molar-refractivity contribution in [3.8, 4) is 0 Å². The second kappa shape index (κ2) is 7.52. The van der Waals surface area contributed by atoms with Crippen molar-refractivity contribution in [3.63, 3.8) is 0 Å². The highest BCUT2D eigenvalue weighted by Gasteiger charge is 2.18. The molecule has 0 saturated carbocycles. The van der Waals surface area contributed by atoms with E-state index in [4.69, 9.17) is 5.11 Å². The Labute approximate surface area is 146 Å². The van der Waals surface area contributed by atoms with E-state index in [0.29, 0.717) is 0 Å². The Hall–Kier alpha value is -2.61. The predicted octanol–water partition coefficient (Wildman–Crippen LogP) is 1.87. The van der Waals surface area contributed by atoms with Crippen LogP contribution in [0.4, 0.5) is 0 Å². The predicted molar refractivity (Wildman–Crippen MR) is 91.9 cm³/mol. The third-order valence-electron chi connectivity index (χ3n) is 3.66. The minimum Gasteiger partial charge on any atom is -0.481 e. The van der Waals surface area contributed by atoms with Crippen LogP contribution in [0.3, 0.4) is 0 Å². The zero-order valence-electron chi connectivity index (χ0n) is 14.0. The number of benzene rings is 1. The largest absolute Gasteiger partial charge is 0.481 e. The average Bonchev–Trinajstić information content (AvgIpc) is 3.03. The smallest absolute Gasteiger partial charge is 0.303 e. The Morgan fingerprint density at radius 1 is 1.20 bits per heavy atom. The van der Waals surface area contributed by atoms with E-state index in [1.807, 2.05) is 6.92 Å². The van der Waals surface area contributed by atoms with Gasteiger partial charge in [-0.3, -0.25) is 9.59 Å². The zero-order chi connectivity index (χ0) is 18.6. The Morgan fingerprint density at radius 2 is 1.84 bits per heavy atom. The summed E-state index contributed by atoms with van der Waals surface area (Å²) in [6.45, 7) is 3.77. The highest BCUT2D eigenvalue weighted by Crippen LogP contribution is 2.16. The molecule has 2 rings (SSSR count). The molecule has 0 radical (unpaired) electrons. The summed E-state index contributed by atoms with van der Waals surface area (Å²) >= 11 is 0. The number of nitrogens with one attached hydrogen (secondary N) is 1. The van der Waals surface area contributed by atoms with Crippen molar-refractivity contribution in [1.82, 2.24) is 9.29 Å². The van der Waals surface area contributed by atoms with E-state index in [-0.39, 0.29) is 29.3 Å². The average molecular weight is 364 g/mol. The van der Waals surface area contributed by atoms with E-state index in [9.17, 15) is 18.0 Å². The zero-order valence-corrected chi connectivity index (χ0v) is 14.8. The van der Waals surface area contributed by atoms with E-state index in [1.165, 1.54) is 30.6 Å². The van der Waals surface area contributed by atoms with Gasteiger partial charge in [-0.15, -0.1) is 0 Å². The summed E-state index contributed by atoms with van der Waals surface area (Å²) in [7, 11) is -3.76. The Balaban J connectivity index is 2.09. The lowest BCUT2D eigenvalue weighted by molar-refractivity contribution is -0.137. The number of rotatable bonds is 7. The maximum atomic E-state index is 12.5. The van der Waals surface area contributed by atoms with E-state index in [2.05, 4.69) is 5.32 Å². The molecule has 8 heteroatoms. The number of aliphatic carboxylic acids is 1. The van der Waals surface area contributed by atoms with Crippen LogP contribution in [0, 0.1) is 12.8 Å². The van der Waals surface area contributed by atoms with Crippen molar-refractivity contribution < 1.29 is 23.1 Å². The van der Waals surface area contributed by atoms with Crippen LogP contribution >= 0.6 is 0 Å². The third-order valence-corrected chi connectivity index (χ3v) is 5.31. The van der Waals surface area contributed by atoms with E-state index in [0.717, 1.165) is 9.54 Å². The fourth-order valence-corrected chi connectivity index (χ4v) is 3.43. The molecule has 1 heterocycles. The monoisotopic (exact) mass is 364 g/mol. The first-order valence-electron chi connectivity index (χ1n) is 7.70. The SMILES string of the molecule is Cc1ccc(S(=O)(=O)n2ccc(C(=O)NCC(C)CC(=O)O)c2)cc1. The van der Waals surface area contributed by atoms with Crippen molar-refractivity contribution in [2.45, 2.75) is 25.2 Å². The number of nitrogens with zero attached hydrogens (tertiary/aromatic N) is 1. The van der Waals surface area contributed by atoms with E-state index < -0.39 is 21.9 Å². The van der Waals surface area contributed by atoms with Crippen LogP contribution in [-0.4, -0.2) is 35.9 Å². The molecule has 7 nitrogen and oxygen atoms in total. The van der Waals surface area contributed by atoms with Gasteiger partial charge >= 0.3 is 5.97 Å². The van der Waals surface area contributed by atoms with Crippen molar-refractivity contribution >= 4 is 21.9 Å². The lowest BCUT2D eigenvalue weighted by Gasteiger charge is -2.09. The second-order valence-corrected chi connectivity index (χ2v) is 7.80. The van der Waals surface area contributed by atoms with Crippen LogP contribution in [0.5, 0.6) is 0 Å². The molecule has 1 amide bonds. The van der Waals surface area contributed by atoms with E-state index >= 15 is 0 Å². The minimum absolute atomic E-state index is 0.0525. The first-order chi connectivity index (χ1) is 11.7. The van der Waals surface area contributed by atoms with Gasteiger partial charge in [-0.25, -0.2) is 12.4 Å². The summed E-state index contributed by atoms with van der Waals surface area (Å²) in [4.78, 5) is 22.8. The number of hydrogen-bond acceptors (Lipinski definition) is 4. The summed E-state index contributed by atoms with van der Waals surface area (Å²) in [5.41, 5.74) is 1.14. The minimum atomic E-state index is -3.76. The molecule has 1 aromatic carbocycles. The quantitative estimate of drug-likeness (QED) is 0.780. The van der Waals surface area contributed by atoms with Gasteiger partial charge in [0.2, 0.25) is 0 Å². The lowest BCUT2D eigenvalue weighted by Crippen LogP contribution is -2.29. The van der Waals surface area contributed by atoms with Crippen LogP contribution < -0.4 is 5.32 Å². The van der Waals surface area contributed by atoms with Gasteiger partial charge in [0.15, 0.2) is 0 Å². The molecule has 0 aliphatic heterocycles. The second-order valence-electron chi connectivity index (χ2n) is 5.96. The van der Waals surface area contributed by atoms with Crippen LogP contribution in [0.2, 0.25) is 0 Å². The molecule has 2 aromatic rings. The molecule has 0 aliphatic carbocycles. The number of carbonyl (C=O) groups is 2. The Kier molecular flexibility index (Phi) is 5.63. The maximum absolute atomic E-state index is 12.5. The summed E-state index contributed by atoms with van der Waals surface area (Å²) in [6, 6.07) is 7.83. The van der Waals surface area contributed by atoms with Crippen molar-refractivity contribution in [3.05, 3.63) is 53.9 Å². The molecular weight excluding hydrogens is 344 g/mol. The summed E-state index contributed by atoms with van der Waals surface area (Å²) in [5, 5.41) is 11.3. The molecule has 1 unspecified atom stereocenters. The number of carboxylic acid groups (broad SMARTS) is 1. The van der Waals surface area contributed by atoms with Crippen molar-refractivity contribution in [2.24, 2.45) is 5.92 Å². The summed E-state index contributed by atoms with van der Waals surface area (Å²) in [6.07, 6.45) is 2.50. The molecular formula is C17H20N2O5S. The molecule has 0 bridgehead atoms. The molecule has 0 saturated heterocycles. The number of hydrogen-bond donors (Lipinski definition) is 2. The number of aromatic nitrogens is 1. The van der Waals surface area contributed by atoms with Crippen LogP contribution in [0.1, 0.15) is 29.3 Å². The van der Waals surface area contributed by atoms with Crippen LogP contribution in [0.15, 0.2) is 47.6 Å². The van der Waals surface area contributed by atoms with Gasteiger partial charge in [-0.05, 0) is 31.0 Å². The molecule has 0 spiro atoms. The van der Waals surface area contributed by atoms with Crippen molar-refractivity contribution in [1.29, 1.82) is 0 Å². The number of carbonyl (C=O) groups excluding carboxylic acids is 1. The first kappa shape index (κ1) is 18.7.